The van der Waals surface area contributed by atoms with E-state index in [0.29, 0.717) is 39.4 Å². The molecule has 0 saturated carbocycles. The fourth-order valence-electron chi connectivity index (χ4n) is 4.23. The molecule has 4 aromatic rings. The number of amides is 1. The highest BCUT2D eigenvalue weighted by Crippen LogP contribution is 2.45. The van der Waals surface area contributed by atoms with Gasteiger partial charge in [-0.2, -0.15) is 0 Å². The number of ether oxygens (including phenoxy) is 2. The van der Waals surface area contributed by atoms with E-state index in [0.717, 1.165) is 17.8 Å². The molecule has 1 unspecified atom stereocenters. The van der Waals surface area contributed by atoms with Crippen molar-refractivity contribution in [1.82, 2.24) is 4.98 Å². The lowest BCUT2D eigenvalue weighted by molar-refractivity contribution is -0.132. The standard InChI is InChI=1S/C28H23FN2O5S/c1-3-13-36-19-10-7-16(8-11-19)25(32)23-24(17-5-4-6-20(14-17)35-2)31(27(34)26(23)33)28-30-21-12-9-18(29)15-22(21)37-28/h4-12,14-15,24,32H,3,13H2,1-2H3. The van der Waals surface area contributed by atoms with Crippen molar-refractivity contribution in [1.29, 1.82) is 0 Å². The first-order chi connectivity index (χ1) is 17.9. The number of methoxy groups -OCH3 is 1. The number of Topliss-reactive ketones (excluding diaryl/α,β-unsaturated/α-hetero) is 1. The zero-order valence-electron chi connectivity index (χ0n) is 20.1. The van der Waals surface area contributed by atoms with Crippen LogP contribution in [0.1, 0.15) is 30.5 Å². The summed E-state index contributed by atoms with van der Waals surface area (Å²) in [6.45, 7) is 2.55. The van der Waals surface area contributed by atoms with Gasteiger partial charge in [0.05, 0.1) is 35.5 Å². The number of thiazole rings is 1. The quantitative estimate of drug-likeness (QED) is 0.187. The molecule has 0 bridgehead atoms. The summed E-state index contributed by atoms with van der Waals surface area (Å²) in [6.07, 6.45) is 0.851. The Bertz CT molecular complexity index is 1530. The van der Waals surface area contributed by atoms with Crippen LogP contribution in [0.2, 0.25) is 0 Å². The van der Waals surface area contributed by atoms with Crippen LogP contribution in [-0.4, -0.2) is 35.5 Å². The summed E-state index contributed by atoms with van der Waals surface area (Å²) in [6, 6.07) is 16.7. The van der Waals surface area contributed by atoms with Gasteiger partial charge in [-0.1, -0.05) is 30.4 Å². The number of carbonyl (C=O) groups is 2. The number of aromatic nitrogens is 1. The van der Waals surface area contributed by atoms with E-state index in [9.17, 15) is 19.1 Å². The van der Waals surface area contributed by atoms with E-state index in [1.165, 1.54) is 30.2 Å². The number of fused-ring (bicyclic) bond motifs is 1. The van der Waals surface area contributed by atoms with Gasteiger partial charge in [0.15, 0.2) is 5.13 Å². The third kappa shape index (κ3) is 4.53. The highest BCUT2D eigenvalue weighted by molar-refractivity contribution is 7.22. The molecule has 0 spiro atoms. The minimum atomic E-state index is -0.975. The van der Waals surface area contributed by atoms with E-state index >= 15 is 0 Å². The number of nitrogens with zero attached hydrogens (tertiary/aromatic N) is 2. The SMILES string of the molecule is CCCOc1ccc(C(O)=C2C(=O)C(=O)N(c3nc4ccc(F)cc4s3)C2c2cccc(OC)c2)cc1. The molecule has 1 atom stereocenters. The number of halogens is 1. The number of aliphatic hydroxyl groups excluding tert-OH is 1. The minimum Gasteiger partial charge on any atom is -0.507 e. The third-order valence-electron chi connectivity index (χ3n) is 6.00. The van der Waals surface area contributed by atoms with Crippen LogP contribution in [-0.2, 0) is 9.59 Å². The molecular formula is C28H23FN2O5S. The van der Waals surface area contributed by atoms with Crippen LogP contribution in [0.4, 0.5) is 9.52 Å². The maximum atomic E-state index is 13.8. The highest BCUT2D eigenvalue weighted by atomic mass is 32.1. The largest absolute Gasteiger partial charge is 0.507 e. The van der Waals surface area contributed by atoms with E-state index < -0.39 is 23.5 Å². The van der Waals surface area contributed by atoms with Gasteiger partial charge in [-0.3, -0.25) is 14.5 Å². The highest BCUT2D eigenvalue weighted by Gasteiger charge is 2.48. The molecule has 1 fully saturated rings. The monoisotopic (exact) mass is 518 g/mol. The molecule has 7 nitrogen and oxygen atoms in total. The maximum Gasteiger partial charge on any atom is 0.301 e. The number of benzene rings is 3. The fraction of sp³-hybridized carbons (Fsp3) is 0.179. The van der Waals surface area contributed by atoms with Crippen molar-refractivity contribution in [3.8, 4) is 11.5 Å². The van der Waals surface area contributed by atoms with E-state index in [1.807, 2.05) is 6.92 Å². The molecule has 9 heteroatoms. The van der Waals surface area contributed by atoms with Gasteiger partial charge in [0.25, 0.3) is 5.78 Å². The van der Waals surface area contributed by atoms with Gasteiger partial charge in [0, 0.05) is 5.56 Å². The normalized spacial score (nSPS) is 16.9. The third-order valence-corrected chi connectivity index (χ3v) is 7.02. The smallest absolute Gasteiger partial charge is 0.301 e. The average Bonchev–Trinajstić information content (AvgIpc) is 3.44. The number of hydrogen-bond acceptors (Lipinski definition) is 7. The number of aliphatic hydroxyl groups is 1. The summed E-state index contributed by atoms with van der Waals surface area (Å²) in [5, 5.41) is 11.5. The van der Waals surface area contributed by atoms with Gasteiger partial charge >= 0.3 is 5.91 Å². The van der Waals surface area contributed by atoms with Crippen LogP contribution in [0.25, 0.3) is 16.0 Å². The maximum absolute atomic E-state index is 13.8. The number of anilines is 1. The lowest BCUT2D eigenvalue weighted by atomic mass is 9.95. The lowest BCUT2D eigenvalue weighted by Gasteiger charge is -2.23. The number of rotatable bonds is 7. The minimum absolute atomic E-state index is 0.0779. The first kappa shape index (κ1) is 24.5. The van der Waals surface area contributed by atoms with E-state index in [1.54, 1.807) is 48.5 Å². The van der Waals surface area contributed by atoms with Gasteiger partial charge in [0.1, 0.15) is 23.1 Å². The Hall–Kier alpha value is -4.24. The molecule has 5 rings (SSSR count). The van der Waals surface area contributed by atoms with Crippen LogP contribution in [0.3, 0.4) is 0 Å². The van der Waals surface area contributed by atoms with Gasteiger partial charge in [-0.15, -0.1) is 0 Å². The van der Waals surface area contributed by atoms with Crippen molar-refractivity contribution in [3.63, 3.8) is 0 Å². The molecule has 1 N–H and O–H groups in total. The van der Waals surface area contributed by atoms with Crippen LogP contribution in [0.5, 0.6) is 11.5 Å². The van der Waals surface area contributed by atoms with Crippen molar-refractivity contribution < 1.29 is 28.6 Å². The summed E-state index contributed by atoms with van der Waals surface area (Å²) in [5.74, 6) is -1.28. The van der Waals surface area contributed by atoms with Crippen LogP contribution in [0.15, 0.2) is 72.3 Å². The van der Waals surface area contributed by atoms with Gasteiger partial charge in [-0.25, -0.2) is 9.37 Å². The Morgan fingerprint density at radius 2 is 1.86 bits per heavy atom. The van der Waals surface area contributed by atoms with Crippen molar-refractivity contribution in [2.24, 2.45) is 0 Å². The van der Waals surface area contributed by atoms with Crippen molar-refractivity contribution in [2.75, 3.05) is 18.6 Å². The fourth-order valence-corrected chi connectivity index (χ4v) is 5.25. The van der Waals surface area contributed by atoms with Crippen molar-refractivity contribution in [3.05, 3.63) is 89.2 Å². The number of hydrogen-bond donors (Lipinski definition) is 1. The molecule has 1 saturated heterocycles. The predicted molar refractivity (Wildman–Crippen MR) is 140 cm³/mol. The molecule has 0 aliphatic carbocycles. The molecule has 1 aliphatic heterocycles. The first-order valence-electron chi connectivity index (χ1n) is 11.7. The van der Waals surface area contributed by atoms with Crippen LogP contribution >= 0.6 is 11.3 Å². The zero-order valence-corrected chi connectivity index (χ0v) is 20.9. The Balaban J connectivity index is 1.66. The lowest BCUT2D eigenvalue weighted by Crippen LogP contribution is -2.29. The molecule has 3 aromatic carbocycles. The first-order valence-corrected chi connectivity index (χ1v) is 12.5. The predicted octanol–water partition coefficient (Wildman–Crippen LogP) is 5.86. The van der Waals surface area contributed by atoms with E-state index in [4.69, 9.17) is 9.47 Å². The second-order valence-electron chi connectivity index (χ2n) is 8.43. The van der Waals surface area contributed by atoms with Gasteiger partial charge in [-0.05, 0) is 66.6 Å². The second-order valence-corrected chi connectivity index (χ2v) is 9.44. The topological polar surface area (TPSA) is 89.0 Å². The van der Waals surface area contributed by atoms with Crippen molar-refractivity contribution >= 4 is 44.1 Å². The second kappa shape index (κ2) is 10.0. The van der Waals surface area contributed by atoms with E-state index in [2.05, 4.69) is 4.98 Å². The van der Waals surface area contributed by atoms with Gasteiger partial charge < -0.3 is 14.6 Å². The molecule has 0 radical (unpaired) electrons. The Morgan fingerprint density at radius 1 is 1.08 bits per heavy atom. The van der Waals surface area contributed by atoms with Crippen molar-refractivity contribution in [2.45, 2.75) is 19.4 Å². The molecule has 1 amide bonds. The summed E-state index contributed by atoms with van der Waals surface area (Å²) in [7, 11) is 1.51. The van der Waals surface area contributed by atoms with Crippen LogP contribution < -0.4 is 14.4 Å². The summed E-state index contributed by atoms with van der Waals surface area (Å²) in [5.41, 5.74) is 1.33. The molecule has 2 heterocycles. The Kier molecular flexibility index (Phi) is 6.62. The van der Waals surface area contributed by atoms with E-state index in [-0.39, 0.29) is 16.5 Å². The number of carbonyl (C=O) groups excluding carboxylic acids is 2. The Labute approximate surface area is 216 Å². The number of ketones is 1. The Morgan fingerprint density at radius 3 is 2.59 bits per heavy atom. The molecule has 1 aromatic heterocycles. The summed E-state index contributed by atoms with van der Waals surface area (Å²) in [4.78, 5) is 32.5. The summed E-state index contributed by atoms with van der Waals surface area (Å²) < 4.78 is 25.3. The van der Waals surface area contributed by atoms with Crippen LogP contribution in [0, 0.1) is 5.82 Å². The molecular weight excluding hydrogens is 495 g/mol. The zero-order chi connectivity index (χ0) is 26.1. The molecule has 37 heavy (non-hydrogen) atoms. The summed E-state index contributed by atoms with van der Waals surface area (Å²) >= 11 is 1.09. The molecule has 188 valence electrons. The van der Waals surface area contributed by atoms with Gasteiger partial charge in [0.2, 0.25) is 0 Å². The average molecular weight is 519 g/mol. The molecule has 1 aliphatic rings.